The van der Waals surface area contributed by atoms with Gasteiger partial charge in [0, 0.05) is 22.0 Å². The minimum Gasteiger partial charge on any atom is -0.481 e. The van der Waals surface area contributed by atoms with E-state index in [0.29, 0.717) is 6.54 Å². The van der Waals surface area contributed by atoms with E-state index in [1.165, 1.54) is 23.5 Å². The first-order valence-electron chi connectivity index (χ1n) is 6.11. The summed E-state index contributed by atoms with van der Waals surface area (Å²) < 4.78 is 28.3. The van der Waals surface area contributed by atoms with Gasteiger partial charge < -0.3 is 15.2 Å². The number of carboxylic acids is 1. The zero-order valence-corrected chi connectivity index (χ0v) is 11.7. The van der Waals surface area contributed by atoms with Crippen LogP contribution in [0.25, 0.3) is 0 Å². The summed E-state index contributed by atoms with van der Waals surface area (Å²) in [4.78, 5) is 12.4. The number of carbonyl (C=O) groups is 1. The molecule has 0 saturated heterocycles. The fraction of sp³-hybridized carbons (Fsp3) is 0.214. The Labute approximate surface area is 124 Å². The van der Waals surface area contributed by atoms with Gasteiger partial charge in [0.2, 0.25) is 0 Å². The van der Waals surface area contributed by atoms with Gasteiger partial charge in [-0.3, -0.25) is 4.79 Å². The fourth-order valence-corrected chi connectivity index (χ4v) is 2.65. The number of benzene rings is 1. The van der Waals surface area contributed by atoms with Gasteiger partial charge in [-0.2, -0.15) is 8.78 Å². The summed E-state index contributed by atoms with van der Waals surface area (Å²) in [5.41, 5.74) is 0.768. The molecule has 21 heavy (non-hydrogen) atoms. The van der Waals surface area contributed by atoms with E-state index in [-0.39, 0.29) is 12.2 Å². The Morgan fingerprint density at radius 1 is 1.19 bits per heavy atom. The first-order chi connectivity index (χ1) is 10.0. The quantitative estimate of drug-likeness (QED) is 0.820. The van der Waals surface area contributed by atoms with Crippen molar-refractivity contribution in [3.05, 3.63) is 46.2 Å². The van der Waals surface area contributed by atoms with Crippen LogP contribution in [0.5, 0.6) is 5.75 Å². The van der Waals surface area contributed by atoms with Crippen molar-refractivity contribution in [2.24, 2.45) is 0 Å². The van der Waals surface area contributed by atoms with Crippen LogP contribution in [0.1, 0.15) is 9.75 Å². The van der Waals surface area contributed by atoms with Crippen molar-refractivity contribution in [2.75, 3.05) is 5.32 Å². The number of hydrogen-bond donors (Lipinski definition) is 2. The van der Waals surface area contributed by atoms with E-state index in [1.807, 2.05) is 6.07 Å². The normalized spacial score (nSPS) is 10.6. The molecule has 0 aliphatic rings. The maximum absolute atomic E-state index is 12.0. The Balaban J connectivity index is 1.87. The molecule has 2 N–H and O–H groups in total. The molecular weight excluding hydrogens is 300 g/mol. The lowest BCUT2D eigenvalue weighted by molar-refractivity contribution is -0.136. The van der Waals surface area contributed by atoms with Gasteiger partial charge in [0.1, 0.15) is 5.75 Å². The van der Waals surface area contributed by atoms with Gasteiger partial charge in [-0.15, -0.1) is 11.3 Å². The second kappa shape index (κ2) is 7.03. The lowest BCUT2D eigenvalue weighted by Gasteiger charge is -2.07. The van der Waals surface area contributed by atoms with Crippen molar-refractivity contribution < 1.29 is 23.4 Å². The lowest BCUT2D eigenvalue weighted by atomic mass is 10.3. The Hall–Kier alpha value is -2.15. The number of ether oxygens (including phenoxy) is 1. The molecule has 0 saturated carbocycles. The van der Waals surface area contributed by atoms with E-state index in [2.05, 4.69) is 10.1 Å². The highest BCUT2D eigenvalue weighted by atomic mass is 32.1. The number of thiophene rings is 1. The van der Waals surface area contributed by atoms with Gasteiger partial charge in [0.15, 0.2) is 0 Å². The lowest BCUT2D eigenvalue weighted by Crippen LogP contribution is -2.02. The summed E-state index contributed by atoms with van der Waals surface area (Å²) in [5, 5.41) is 11.8. The molecule has 112 valence electrons. The molecule has 0 radical (unpaired) electrons. The number of hydrogen-bond acceptors (Lipinski definition) is 4. The smallest absolute Gasteiger partial charge is 0.387 e. The van der Waals surface area contributed by atoms with Gasteiger partial charge in [0.25, 0.3) is 0 Å². The van der Waals surface area contributed by atoms with Crippen molar-refractivity contribution in [1.82, 2.24) is 0 Å². The highest BCUT2D eigenvalue weighted by Crippen LogP contribution is 2.21. The van der Waals surface area contributed by atoms with E-state index in [4.69, 9.17) is 5.11 Å². The molecule has 0 amide bonds. The van der Waals surface area contributed by atoms with Gasteiger partial charge >= 0.3 is 12.6 Å². The van der Waals surface area contributed by atoms with Gasteiger partial charge in [-0.05, 0) is 36.4 Å². The zero-order valence-electron chi connectivity index (χ0n) is 10.9. The van der Waals surface area contributed by atoms with Crippen LogP contribution in [0.3, 0.4) is 0 Å². The van der Waals surface area contributed by atoms with Crippen LogP contribution < -0.4 is 10.1 Å². The SMILES string of the molecule is O=C(O)Cc1ccc(CNc2ccc(OC(F)F)cc2)s1. The van der Waals surface area contributed by atoms with Crippen LogP contribution >= 0.6 is 11.3 Å². The largest absolute Gasteiger partial charge is 0.481 e. The maximum atomic E-state index is 12.0. The first kappa shape index (κ1) is 15.2. The van der Waals surface area contributed by atoms with Crippen LogP contribution in [-0.4, -0.2) is 17.7 Å². The Morgan fingerprint density at radius 2 is 1.86 bits per heavy atom. The van der Waals surface area contributed by atoms with Crippen molar-refractivity contribution in [3.63, 3.8) is 0 Å². The molecule has 2 rings (SSSR count). The standard InChI is InChI=1S/C14H13F2NO3S/c15-14(16)20-10-3-1-9(2-4-10)17-8-12-6-5-11(21-12)7-13(18)19/h1-6,14,17H,7-8H2,(H,18,19). The monoisotopic (exact) mass is 313 g/mol. The number of alkyl halides is 2. The minimum atomic E-state index is -2.83. The number of aliphatic carboxylic acids is 1. The highest BCUT2D eigenvalue weighted by Gasteiger charge is 2.05. The number of nitrogens with one attached hydrogen (secondary N) is 1. The summed E-state index contributed by atoms with van der Waals surface area (Å²) in [6.45, 7) is -2.29. The van der Waals surface area contributed by atoms with Crippen LogP contribution in [0.15, 0.2) is 36.4 Å². The third-order valence-electron chi connectivity index (χ3n) is 2.59. The molecule has 7 heteroatoms. The molecule has 4 nitrogen and oxygen atoms in total. The predicted octanol–water partition coefficient (Wildman–Crippen LogP) is 3.59. The van der Waals surface area contributed by atoms with E-state index >= 15 is 0 Å². The third-order valence-corrected chi connectivity index (χ3v) is 3.67. The Morgan fingerprint density at radius 3 is 2.48 bits per heavy atom. The Kier molecular flexibility index (Phi) is 5.10. The average molecular weight is 313 g/mol. The maximum Gasteiger partial charge on any atom is 0.387 e. The van der Waals surface area contributed by atoms with Crippen LogP contribution in [0.2, 0.25) is 0 Å². The summed E-state index contributed by atoms with van der Waals surface area (Å²) in [7, 11) is 0. The van der Waals surface area contributed by atoms with Gasteiger partial charge in [-0.25, -0.2) is 0 Å². The molecule has 1 heterocycles. The van der Waals surface area contributed by atoms with Gasteiger partial charge in [-0.1, -0.05) is 0 Å². The van der Waals surface area contributed by atoms with E-state index in [9.17, 15) is 13.6 Å². The van der Waals surface area contributed by atoms with Crippen LogP contribution in [0.4, 0.5) is 14.5 Å². The Bertz CT molecular complexity index is 599. The molecule has 1 aromatic heterocycles. The molecule has 0 bridgehead atoms. The molecule has 0 aliphatic heterocycles. The van der Waals surface area contributed by atoms with Crippen LogP contribution in [0, 0.1) is 0 Å². The summed E-state index contributed by atoms with van der Waals surface area (Å²) in [6.07, 6.45) is 0.0182. The highest BCUT2D eigenvalue weighted by molar-refractivity contribution is 7.12. The zero-order chi connectivity index (χ0) is 15.2. The first-order valence-corrected chi connectivity index (χ1v) is 6.93. The number of halogens is 2. The molecule has 2 aromatic rings. The number of rotatable bonds is 7. The predicted molar refractivity (Wildman–Crippen MR) is 76.1 cm³/mol. The van der Waals surface area contributed by atoms with Crippen molar-refractivity contribution in [2.45, 2.75) is 19.6 Å². The van der Waals surface area contributed by atoms with Crippen molar-refractivity contribution in [3.8, 4) is 5.75 Å². The molecular formula is C14H13F2NO3S. The average Bonchev–Trinajstić information content (AvgIpc) is 2.84. The van der Waals surface area contributed by atoms with E-state index in [0.717, 1.165) is 15.4 Å². The van der Waals surface area contributed by atoms with Crippen molar-refractivity contribution in [1.29, 1.82) is 0 Å². The second-order valence-corrected chi connectivity index (χ2v) is 5.45. The van der Waals surface area contributed by atoms with Gasteiger partial charge in [0.05, 0.1) is 6.42 Å². The molecule has 0 aliphatic carbocycles. The number of anilines is 1. The third kappa shape index (κ3) is 5.03. The fourth-order valence-electron chi connectivity index (χ4n) is 1.70. The molecule has 0 atom stereocenters. The summed E-state index contributed by atoms with van der Waals surface area (Å²) >= 11 is 1.42. The van der Waals surface area contributed by atoms with E-state index < -0.39 is 12.6 Å². The molecule has 0 unspecified atom stereocenters. The van der Waals surface area contributed by atoms with Crippen LogP contribution in [-0.2, 0) is 17.8 Å². The topological polar surface area (TPSA) is 58.6 Å². The molecule has 0 fully saturated rings. The van der Waals surface area contributed by atoms with E-state index in [1.54, 1.807) is 18.2 Å². The molecule has 0 spiro atoms. The summed E-state index contributed by atoms with van der Waals surface area (Å²) in [6, 6.07) is 9.85. The second-order valence-electron chi connectivity index (χ2n) is 4.19. The number of carboxylic acid groups (broad SMARTS) is 1. The van der Waals surface area contributed by atoms with Crippen molar-refractivity contribution >= 4 is 23.0 Å². The summed E-state index contributed by atoms with van der Waals surface area (Å²) in [5.74, 6) is -0.749. The molecule has 1 aromatic carbocycles. The minimum absolute atomic E-state index is 0.0182.